The molecule has 14 heavy (non-hydrogen) atoms. The number of likely N-dealkylation sites (N-methyl/N-ethyl adjacent to an activating group) is 1. The van der Waals surface area contributed by atoms with Gasteiger partial charge in [-0.3, -0.25) is 0 Å². The summed E-state index contributed by atoms with van der Waals surface area (Å²) < 4.78 is 5.86. The van der Waals surface area contributed by atoms with Crippen LogP contribution in [-0.4, -0.2) is 25.3 Å². The molecule has 0 aliphatic carbocycles. The quantitative estimate of drug-likeness (QED) is 0.684. The van der Waals surface area contributed by atoms with Crippen molar-refractivity contribution in [2.75, 3.05) is 7.05 Å². The first-order valence-corrected chi connectivity index (χ1v) is 5.66. The highest BCUT2D eigenvalue weighted by Gasteiger charge is 2.28. The van der Waals surface area contributed by atoms with Crippen molar-refractivity contribution in [2.45, 2.75) is 57.8 Å². The van der Waals surface area contributed by atoms with Crippen molar-refractivity contribution in [1.29, 1.82) is 0 Å². The van der Waals surface area contributed by atoms with Crippen LogP contribution in [0.5, 0.6) is 0 Å². The summed E-state index contributed by atoms with van der Waals surface area (Å²) in [6, 6.07) is 0.451. The van der Waals surface area contributed by atoms with Crippen LogP contribution in [0.15, 0.2) is 12.2 Å². The van der Waals surface area contributed by atoms with Gasteiger partial charge in [-0.1, -0.05) is 19.1 Å². The molecule has 2 nitrogen and oxygen atoms in total. The van der Waals surface area contributed by atoms with Crippen LogP contribution in [-0.2, 0) is 4.74 Å². The first-order valence-electron chi connectivity index (χ1n) is 5.66. The molecular formula is C12H23NO. The molecule has 0 spiro atoms. The molecule has 82 valence electrons. The average molecular weight is 197 g/mol. The Morgan fingerprint density at radius 1 is 1.57 bits per heavy atom. The standard InChI is InChI=1S/C12H23NO/c1-5-9(2)8-11(13-4)12-7-6-10(3)14-12/h10-13H,2,5-8H2,1,3-4H3. The maximum Gasteiger partial charge on any atom is 0.0735 e. The fourth-order valence-corrected chi connectivity index (χ4v) is 2.00. The summed E-state index contributed by atoms with van der Waals surface area (Å²) in [4.78, 5) is 0. The van der Waals surface area contributed by atoms with Crippen LogP contribution in [0.25, 0.3) is 0 Å². The van der Waals surface area contributed by atoms with Gasteiger partial charge < -0.3 is 10.1 Å². The van der Waals surface area contributed by atoms with Crippen LogP contribution in [0.4, 0.5) is 0 Å². The van der Waals surface area contributed by atoms with Crippen molar-refractivity contribution >= 4 is 0 Å². The number of nitrogens with one attached hydrogen (secondary N) is 1. The number of ether oxygens (including phenoxy) is 1. The SMILES string of the molecule is C=C(CC)CC(NC)C1CCC(C)O1. The van der Waals surface area contributed by atoms with Gasteiger partial charge in [0.25, 0.3) is 0 Å². The minimum Gasteiger partial charge on any atom is -0.374 e. The lowest BCUT2D eigenvalue weighted by Crippen LogP contribution is -2.37. The van der Waals surface area contributed by atoms with Gasteiger partial charge in [0.15, 0.2) is 0 Å². The Balaban J connectivity index is 2.41. The summed E-state index contributed by atoms with van der Waals surface area (Å²) in [7, 11) is 2.01. The highest BCUT2D eigenvalue weighted by molar-refractivity contribution is 4.99. The van der Waals surface area contributed by atoms with Crippen LogP contribution in [0.2, 0.25) is 0 Å². The minimum atomic E-state index is 0.387. The lowest BCUT2D eigenvalue weighted by Gasteiger charge is -2.23. The largest absolute Gasteiger partial charge is 0.374 e. The molecule has 0 aromatic rings. The first kappa shape index (κ1) is 11.7. The molecule has 0 aromatic heterocycles. The van der Waals surface area contributed by atoms with Gasteiger partial charge in [-0.2, -0.15) is 0 Å². The molecule has 1 heterocycles. The summed E-state index contributed by atoms with van der Waals surface area (Å²) in [5.41, 5.74) is 1.31. The third-order valence-corrected chi connectivity index (χ3v) is 3.09. The Labute approximate surface area is 87.7 Å². The third-order valence-electron chi connectivity index (χ3n) is 3.09. The van der Waals surface area contributed by atoms with E-state index < -0.39 is 0 Å². The van der Waals surface area contributed by atoms with Gasteiger partial charge in [0.1, 0.15) is 0 Å². The first-order chi connectivity index (χ1) is 6.67. The van der Waals surface area contributed by atoms with Crippen LogP contribution in [0.3, 0.4) is 0 Å². The van der Waals surface area contributed by atoms with Gasteiger partial charge in [0, 0.05) is 6.04 Å². The lowest BCUT2D eigenvalue weighted by atomic mass is 9.99. The molecule has 2 heteroatoms. The maximum absolute atomic E-state index is 5.86. The molecule has 1 aliphatic rings. The van der Waals surface area contributed by atoms with Gasteiger partial charge in [-0.05, 0) is 39.7 Å². The Morgan fingerprint density at radius 3 is 2.71 bits per heavy atom. The monoisotopic (exact) mass is 197 g/mol. The van der Waals surface area contributed by atoms with Crippen LogP contribution >= 0.6 is 0 Å². The van der Waals surface area contributed by atoms with Crippen molar-refractivity contribution in [3.8, 4) is 0 Å². The van der Waals surface area contributed by atoms with Crippen LogP contribution in [0, 0.1) is 0 Å². The Bertz CT molecular complexity index is 191. The van der Waals surface area contributed by atoms with E-state index in [2.05, 4.69) is 25.7 Å². The summed E-state index contributed by atoms with van der Waals surface area (Å²) >= 11 is 0. The smallest absolute Gasteiger partial charge is 0.0735 e. The van der Waals surface area contributed by atoms with Gasteiger partial charge in [0.05, 0.1) is 12.2 Å². The average Bonchev–Trinajstić information content (AvgIpc) is 2.60. The van der Waals surface area contributed by atoms with Crippen LogP contribution < -0.4 is 5.32 Å². The summed E-state index contributed by atoms with van der Waals surface area (Å²) in [5.74, 6) is 0. The molecule has 0 bridgehead atoms. The van der Waals surface area contributed by atoms with Gasteiger partial charge in [0.2, 0.25) is 0 Å². The molecule has 0 radical (unpaired) electrons. The zero-order valence-electron chi connectivity index (χ0n) is 9.68. The van der Waals surface area contributed by atoms with E-state index >= 15 is 0 Å². The minimum absolute atomic E-state index is 0.387. The van der Waals surface area contributed by atoms with E-state index in [1.165, 1.54) is 18.4 Å². The van der Waals surface area contributed by atoms with Crippen molar-refractivity contribution in [2.24, 2.45) is 0 Å². The lowest BCUT2D eigenvalue weighted by molar-refractivity contribution is 0.0336. The second-order valence-corrected chi connectivity index (χ2v) is 4.27. The van der Waals surface area contributed by atoms with E-state index in [0.29, 0.717) is 18.2 Å². The predicted molar refractivity (Wildman–Crippen MR) is 60.5 cm³/mol. The van der Waals surface area contributed by atoms with E-state index in [0.717, 1.165) is 12.8 Å². The molecule has 1 saturated heterocycles. The molecule has 0 aromatic carbocycles. The van der Waals surface area contributed by atoms with Gasteiger partial charge in [-0.25, -0.2) is 0 Å². The van der Waals surface area contributed by atoms with E-state index in [1.807, 2.05) is 7.05 Å². The molecule has 1 aliphatic heterocycles. The Morgan fingerprint density at radius 2 is 2.29 bits per heavy atom. The summed E-state index contributed by atoms with van der Waals surface area (Å²) in [6.07, 6.45) is 5.32. The zero-order chi connectivity index (χ0) is 10.6. The molecule has 0 saturated carbocycles. The Kier molecular flexibility index (Phi) is 4.63. The summed E-state index contributed by atoms with van der Waals surface area (Å²) in [6.45, 7) is 8.37. The highest BCUT2D eigenvalue weighted by atomic mass is 16.5. The van der Waals surface area contributed by atoms with Gasteiger partial charge in [-0.15, -0.1) is 0 Å². The molecule has 3 atom stereocenters. The third kappa shape index (κ3) is 3.10. The normalized spacial score (nSPS) is 29.1. The fraction of sp³-hybridized carbons (Fsp3) is 0.833. The molecule has 1 N–H and O–H groups in total. The molecule has 1 fully saturated rings. The van der Waals surface area contributed by atoms with Crippen LogP contribution in [0.1, 0.15) is 39.5 Å². The number of hydrogen-bond donors (Lipinski definition) is 1. The maximum atomic E-state index is 5.86. The van der Waals surface area contributed by atoms with E-state index in [9.17, 15) is 0 Å². The van der Waals surface area contributed by atoms with Crippen molar-refractivity contribution < 1.29 is 4.74 Å². The van der Waals surface area contributed by atoms with E-state index in [4.69, 9.17) is 4.74 Å². The zero-order valence-corrected chi connectivity index (χ0v) is 9.68. The molecule has 0 amide bonds. The van der Waals surface area contributed by atoms with Crippen molar-refractivity contribution in [3.63, 3.8) is 0 Å². The number of hydrogen-bond acceptors (Lipinski definition) is 2. The molecule has 3 unspecified atom stereocenters. The van der Waals surface area contributed by atoms with Crippen molar-refractivity contribution in [3.05, 3.63) is 12.2 Å². The molecule has 1 rings (SSSR count). The van der Waals surface area contributed by atoms with E-state index in [1.54, 1.807) is 0 Å². The highest BCUT2D eigenvalue weighted by Crippen LogP contribution is 2.24. The summed E-state index contributed by atoms with van der Waals surface area (Å²) in [5, 5.41) is 3.34. The second kappa shape index (κ2) is 5.52. The van der Waals surface area contributed by atoms with Crippen molar-refractivity contribution in [1.82, 2.24) is 5.32 Å². The van der Waals surface area contributed by atoms with E-state index in [-0.39, 0.29) is 0 Å². The topological polar surface area (TPSA) is 21.3 Å². The molecular weight excluding hydrogens is 174 g/mol. The fourth-order valence-electron chi connectivity index (χ4n) is 2.00. The predicted octanol–water partition coefficient (Wildman–Crippen LogP) is 2.50. The second-order valence-electron chi connectivity index (χ2n) is 4.27. The Hall–Kier alpha value is -0.340. The number of rotatable bonds is 5. The van der Waals surface area contributed by atoms with Gasteiger partial charge >= 0.3 is 0 Å².